The highest BCUT2D eigenvalue weighted by Gasteiger charge is 2.18. The first-order chi connectivity index (χ1) is 14.0. The van der Waals surface area contributed by atoms with Crippen molar-refractivity contribution in [1.29, 1.82) is 0 Å². The summed E-state index contributed by atoms with van der Waals surface area (Å²) in [7, 11) is 1.64. The molecule has 1 aromatic carbocycles. The van der Waals surface area contributed by atoms with Crippen molar-refractivity contribution in [3.63, 3.8) is 0 Å². The molecule has 0 saturated heterocycles. The van der Waals surface area contributed by atoms with Crippen LogP contribution in [0.2, 0.25) is 0 Å². The highest BCUT2D eigenvalue weighted by molar-refractivity contribution is 7.13. The molecule has 148 valence electrons. The van der Waals surface area contributed by atoms with E-state index in [1.807, 2.05) is 25.1 Å². The number of ether oxygens (including phenoxy) is 1. The maximum atomic E-state index is 12.6. The predicted molar refractivity (Wildman–Crippen MR) is 110 cm³/mol. The maximum absolute atomic E-state index is 12.6. The average Bonchev–Trinajstić information content (AvgIpc) is 3.36. The molecule has 0 radical (unpaired) electrons. The normalized spacial score (nSPS) is 11.1. The van der Waals surface area contributed by atoms with Gasteiger partial charge in [0.15, 0.2) is 23.3 Å². The average molecular weight is 410 g/mol. The van der Waals surface area contributed by atoms with Gasteiger partial charge in [-0.1, -0.05) is 17.7 Å². The molecule has 3 heterocycles. The second-order valence-corrected chi connectivity index (χ2v) is 7.28. The van der Waals surface area contributed by atoms with Gasteiger partial charge in [-0.25, -0.2) is 9.78 Å². The van der Waals surface area contributed by atoms with E-state index in [0.717, 1.165) is 5.56 Å². The van der Waals surface area contributed by atoms with E-state index in [4.69, 9.17) is 4.74 Å². The zero-order chi connectivity index (χ0) is 20.5. The number of nitrogens with zero attached hydrogens (tertiary/aromatic N) is 5. The molecular weight excluding hydrogens is 392 g/mol. The third kappa shape index (κ3) is 3.38. The first kappa shape index (κ1) is 18.8. The number of carbonyl (C=O) groups is 1. The van der Waals surface area contributed by atoms with Crippen molar-refractivity contribution in [2.24, 2.45) is 7.05 Å². The van der Waals surface area contributed by atoms with Crippen LogP contribution >= 0.6 is 11.3 Å². The molecule has 1 N–H and O–H groups in total. The largest absolute Gasteiger partial charge is 0.453 e. The second kappa shape index (κ2) is 7.47. The zero-order valence-corrected chi connectivity index (χ0v) is 16.7. The van der Waals surface area contributed by atoms with Gasteiger partial charge >= 0.3 is 5.97 Å². The maximum Gasteiger partial charge on any atom is 0.358 e. The Morgan fingerprint density at radius 1 is 1.38 bits per heavy atom. The summed E-state index contributed by atoms with van der Waals surface area (Å²) >= 11 is 1.31. The lowest BCUT2D eigenvalue weighted by Crippen LogP contribution is -2.20. The summed E-state index contributed by atoms with van der Waals surface area (Å²) < 4.78 is 8.54. The van der Waals surface area contributed by atoms with Crippen LogP contribution in [0.25, 0.3) is 16.7 Å². The monoisotopic (exact) mass is 410 g/mol. The molecule has 0 unspecified atom stereocenters. The molecule has 4 rings (SSSR count). The number of benzene rings is 1. The molecule has 0 fully saturated rings. The molecule has 0 bridgehead atoms. The SMILES string of the molecule is C=CCNc1nc(C(=O)OCc2nnc3n(C)c(=O)c4cc(C)ccc4n23)cs1. The number of aromatic nitrogens is 5. The van der Waals surface area contributed by atoms with Crippen LogP contribution < -0.4 is 10.9 Å². The lowest BCUT2D eigenvalue weighted by atomic mass is 10.1. The Balaban J connectivity index is 1.64. The first-order valence-electron chi connectivity index (χ1n) is 8.80. The fraction of sp³-hybridized carbons (Fsp3) is 0.211. The van der Waals surface area contributed by atoms with E-state index in [2.05, 4.69) is 27.1 Å². The summed E-state index contributed by atoms with van der Waals surface area (Å²) in [6, 6.07) is 5.57. The number of aryl methyl sites for hydroxylation is 2. The fourth-order valence-corrected chi connectivity index (χ4v) is 3.65. The molecule has 0 saturated carbocycles. The Kier molecular flexibility index (Phi) is 4.85. The van der Waals surface area contributed by atoms with Crippen molar-refractivity contribution in [3.8, 4) is 0 Å². The molecule has 0 atom stereocenters. The van der Waals surface area contributed by atoms with Gasteiger partial charge in [-0.2, -0.15) is 0 Å². The van der Waals surface area contributed by atoms with Gasteiger partial charge in [0, 0.05) is 19.0 Å². The topological polar surface area (TPSA) is 103 Å². The molecule has 0 spiro atoms. The van der Waals surface area contributed by atoms with Crippen LogP contribution in [-0.4, -0.2) is 36.7 Å². The number of hydrogen-bond acceptors (Lipinski definition) is 8. The van der Waals surface area contributed by atoms with E-state index in [0.29, 0.717) is 34.2 Å². The van der Waals surface area contributed by atoms with Crippen LogP contribution in [0.4, 0.5) is 5.13 Å². The van der Waals surface area contributed by atoms with E-state index in [1.54, 1.807) is 22.9 Å². The van der Waals surface area contributed by atoms with Gasteiger partial charge in [-0.05, 0) is 19.1 Å². The number of thiazole rings is 1. The minimum absolute atomic E-state index is 0.103. The Labute approximate surface area is 169 Å². The summed E-state index contributed by atoms with van der Waals surface area (Å²) in [6.07, 6.45) is 1.70. The van der Waals surface area contributed by atoms with Crippen molar-refractivity contribution in [2.75, 3.05) is 11.9 Å². The predicted octanol–water partition coefficient (Wildman–Crippen LogP) is 2.30. The number of carbonyl (C=O) groups excluding carboxylic acids is 1. The van der Waals surface area contributed by atoms with Gasteiger partial charge in [0.2, 0.25) is 5.78 Å². The Morgan fingerprint density at radius 3 is 3.00 bits per heavy atom. The van der Waals surface area contributed by atoms with E-state index >= 15 is 0 Å². The van der Waals surface area contributed by atoms with Gasteiger partial charge in [0.25, 0.3) is 5.56 Å². The Morgan fingerprint density at radius 2 is 2.21 bits per heavy atom. The molecule has 3 aromatic heterocycles. The fourth-order valence-electron chi connectivity index (χ4n) is 2.96. The van der Waals surface area contributed by atoms with Crippen LogP contribution in [0, 0.1) is 6.92 Å². The number of nitrogens with one attached hydrogen (secondary N) is 1. The van der Waals surface area contributed by atoms with Crippen molar-refractivity contribution in [2.45, 2.75) is 13.5 Å². The van der Waals surface area contributed by atoms with Crippen molar-refractivity contribution in [3.05, 3.63) is 63.7 Å². The van der Waals surface area contributed by atoms with Gasteiger partial charge in [0.05, 0.1) is 10.9 Å². The van der Waals surface area contributed by atoms with Gasteiger partial charge in [-0.15, -0.1) is 28.1 Å². The van der Waals surface area contributed by atoms with Crippen LogP contribution in [0.3, 0.4) is 0 Å². The molecular formula is C19H18N6O3S. The molecule has 0 aliphatic rings. The van der Waals surface area contributed by atoms with Gasteiger partial charge in [0.1, 0.15) is 0 Å². The molecule has 0 aliphatic heterocycles. The first-order valence-corrected chi connectivity index (χ1v) is 9.68. The smallest absolute Gasteiger partial charge is 0.358 e. The zero-order valence-electron chi connectivity index (χ0n) is 15.9. The van der Waals surface area contributed by atoms with Crippen LogP contribution in [0.1, 0.15) is 21.9 Å². The minimum Gasteiger partial charge on any atom is -0.453 e. The van der Waals surface area contributed by atoms with Crippen molar-refractivity contribution in [1.82, 2.24) is 24.1 Å². The number of fused-ring (bicyclic) bond motifs is 3. The molecule has 10 heteroatoms. The highest BCUT2D eigenvalue weighted by Crippen LogP contribution is 2.18. The van der Waals surface area contributed by atoms with Gasteiger partial charge in [-0.3, -0.25) is 13.8 Å². The number of rotatable bonds is 6. The van der Waals surface area contributed by atoms with Gasteiger partial charge < -0.3 is 10.1 Å². The highest BCUT2D eigenvalue weighted by atomic mass is 32.1. The Bertz CT molecular complexity index is 1300. The molecule has 9 nitrogen and oxygen atoms in total. The van der Waals surface area contributed by atoms with E-state index in [9.17, 15) is 9.59 Å². The summed E-state index contributed by atoms with van der Waals surface area (Å²) in [5, 5.41) is 14.0. The summed E-state index contributed by atoms with van der Waals surface area (Å²) in [6.45, 7) is 6.00. The number of hydrogen-bond donors (Lipinski definition) is 1. The summed E-state index contributed by atoms with van der Waals surface area (Å²) in [5.74, 6) is 0.231. The van der Waals surface area contributed by atoms with Crippen LogP contribution in [-0.2, 0) is 18.4 Å². The summed E-state index contributed by atoms with van der Waals surface area (Å²) in [4.78, 5) is 29.2. The van der Waals surface area contributed by atoms with E-state index in [-0.39, 0.29) is 17.9 Å². The quantitative estimate of drug-likeness (QED) is 0.384. The third-order valence-electron chi connectivity index (χ3n) is 4.38. The second-order valence-electron chi connectivity index (χ2n) is 6.42. The molecule has 4 aromatic rings. The standard InChI is InChI=1S/C19H18N6O3S/c1-4-7-20-18-21-13(10-29-18)17(27)28-9-15-22-23-19-24(3)16(26)12-8-11(2)5-6-14(12)25(15)19/h4-6,8,10H,1,7,9H2,2-3H3,(H,20,21). The van der Waals surface area contributed by atoms with Crippen molar-refractivity contribution >= 4 is 39.1 Å². The Hall–Kier alpha value is -3.53. The minimum atomic E-state index is -0.561. The van der Waals surface area contributed by atoms with Crippen molar-refractivity contribution < 1.29 is 9.53 Å². The number of esters is 1. The van der Waals surface area contributed by atoms with E-state index < -0.39 is 5.97 Å². The number of anilines is 1. The molecule has 0 amide bonds. The van der Waals surface area contributed by atoms with E-state index in [1.165, 1.54) is 15.9 Å². The van der Waals surface area contributed by atoms with Crippen LogP contribution in [0.15, 0.2) is 41.0 Å². The molecule has 29 heavy (non-hydrogen) atoms. The lowest BCUT2D eigenvalue weighted by molar-refractivity contribution is 0.0455. The molecule has 0 aliphatic carbocycles. The van der Waals surface area contributed by atoms with Crippen LogP contribution in [0.5, 0.6) is 0 Å². The third-order valence-corrected chi connectivity index (χ3v) is 5.18. The lowest BCUT2D eigenvalue weighted by Gasteiger charge is -2.08. The summed E-state index contributed by atoms with van der Waals surface area (Å²) in [5.41, 5.74) is 1.69.